The van der Waals surface area contributed by atoms with E-state index in [1.807, 2.05) is 35.8 Å². The average molecular weight is 355 g/mol. The number of aromatic amines is 1. The lowest BCUT2D eigenvalue weighted by Gasteiger charge is -2.26. The molecule has 9 nitrogen and oxygen atoms in total. The molecule has 1 amide bonds. The molecule has 0 saturated heterocycles. The largest absolute Gasteiger partial charge is 0.385 e. The molecular formula is C17H21N7O2. The van der Waals surface area contributed by atoms with Crippen LogP contribution in [0.1, 0.15) is 28.1 Å². The molecular weight excluding hydrogens is 334 g/mol. The molecule has 3 aromatic heterocycles. The van der Waals surface area contributed by atoms with Crippen LogP contribution in [0.15, 0.2) is 24.4 Å². The van der Waals surface area contributed by atoms with Crippen LogP contribution in [0.2, 0.25) is 0 Å². The fourth-order valence-corrected chi connectivity index (χ4v) is 3.16. The Morgan fingerprint density at radius 3 is 3.04 bits per heavy atom. The Balaban J connectivity index is 1.52. The molecule has 0 saturated carbocycles. The van der Waals surface area contributed by atoms with Gasteiger partial charge in [-0.15, -0.1) is 0 Å². The van der Waals surface area contributed by atoms with Crippen molar-refractivity contribution in [1.29, 1.82) is 0 Å². The number of aromatic nitrogens is 5. The first kappa shape index (κ1) is 16.7. The van der Waals surface area contributed by atoms with Gasteiger partial charge in [0.15, 0.2) is 11.5 Å². The first-order valence-electron chi connectivity index (χ1n) is 8.50. The zero-order chi connectivity index (χ0) is 18.3. The molecule has 0 fully saturated rings. The minimum atomic E-state index is -0.645. The minimum absolute atomic E-state index is 0.161. The van der Waals surface area contributed by atoms with Crippen molar-refractivity contribution in [1.82, 2.24) is 34.5 Å². The SMILES string of the molecule is CN(C)CC(O)c1cc2n(n1)CCN(C(=O)c1nc3ncccc3[nH]1)C2. The summed E-state index contributed by atoms with van der Waals surface area (Å²) in [4.78, 5) is 27.9. The number of nitrogens with zero attached hydrogens (tertiary/aromatic N) is 6. The quantitative estimate of drug-likeness (QED) is 0.702. The zero-order valence-electron chi connectivity index (χ0n) is 14.8. The standard InChI is InChI=1S/C17H21N7O2/c1-22(2)10-14(25)13-8-11-9-23(6-7-24(11)21-13)17(26)16-19-12-4-3-5-18-15(12)20-16/h3-5,8,14,25H,6-7,9-10H2,1-2H3,(H,18,19,20). The lowest BCUT2D eigenvalue weighted by Crippen LogP contribution is -2.38. The number of hydrogen-bond acceptors (Lipinski definition) is 6. The fraction of sp³-hybridized carbons (Fsp3) is 0.412. The zero-order valence-corrected chi connectivity index (χ0v) is 14.8. The van der Waals surface area contributed by atoms with Crippen LogP contribution in [0.3, 0.4) is 0 Å². The summed E-state index contributed by atoms with van der Waals surface area (Å²) in [6.45, 7) is 2.07. The van der Waals surface area contributed by atoms with Crippen LogP contribution in [-0.2, 0) is 13.1 Å². The van der Waals surface area contributed by atoms with E-state index in [-0.39, 0.29) is 5.91 Å². The Bertz CT molecular complexity index is 913. The van der Waals surface area contributed by atoms with Crippen LogP contribution in [-0.4, -0.2) is 72.7 Å². The monoisotopic (exact) mass is 355 g/mol. The first-order valence-corrected chi connectivity index (χ1v) is 8.50. The first-order chi connectivity index (χ1) is 12.5. The van der Waals surface area contributed by atoms with E-state index in [1.165, 1.54) is 0 Å². The number of amides is 1. The van der Waals surface area contributed by atoms with E-state index in [1.54, 1.807) is 17.2 Å². The Morgan fingerprint density at radius 2 is 2.27 bits per heavy atom. The molecule has 1 aliphatic rings. The normalized spacial score (nSPS) is 15.5. The maximum Gasteiger partial charge on any atom is 0.290 e. The van der Waals surface area contributed by atoms with E-state index in [9.17, 15) is 9.90 Å². The van der Waals surface area contributed by atoms with Gasteiger partial charge in [-0.2, -0.15) is 5.10 Å². The van der Waals surface area contributed by atoms with Crippen LogP contribution >= 0.6 is 0 Å². The number of imidazole rings is 1. The van der Waals surface area contributed by atoms with Crippen molar-refractivity contribution in [2.24, 2.45) is 0 Å². The van der Waals surface area contributed by atoms with E-state index < -0.39 is 6.10 Å². The average Bonchev–Trinajstić information content (AvgIpc) is 3.23. The predicted molar refractivity (Wildman–Crippen MR) is 94.4 cm³/mol. The van der Waals surface area contributed by atoms with Gasteiger partial charge in [-0.05, 0) is 32.3 Å². The molecule has 4 rings (SSSR count). The molecule has 1 atom stereocenters. The number of rotatable bonds is 4. The molecule has 9 heteroatoms. The van der Waals surface area contributed by atoms with E-state index in [4.69, 9.17) is 0 Å². The topological polar surface area (TPSA) is 103 Å². The molecule has 1 unspecified atom stereocenters. The lowest BCUT2D eigenvalue weighted by molar-refractivity contribution is 0.0694. The van der Waals surface area contributed by atoms with Crippen molar-refractivity contribution in [3.63, 3.8) is 0 Å². The van der Waals surface area contributed by atoms with Crippen LogP contribution < -0.4 is 0 Å². The molecule has 0 spiro atoms. The van der Waals surface area contributed by atoms with Crippen molar-refractivity contribution in [2.45, 2.75) is 19.2 Å². The fourth-order valence-electron chi connectivity index (χ4n) is 3.16. The third-order valence-electron chi connectivity index (χ3n) is 4.44. The van der Waals surface area contributed by atoms with Gasteiger partial charge in [-0.3, -0.25) is 9.48 Å². The number of nitrogens with one attached hydrogen (secondary N) is 1. The van der Waals surface area contributed by atoms with Gasteiger partial charge in [0.05, 0.1) is 30.0 Å². The molecule has 4 heterocycles. The highest BCUT2D eigenvalue weighted by Crippen LogP contribution is 2.20. The second kappa shape index (κ2) is 6.50. The van der Waals surface area contributed by atoms with Crippen molar-refractivity contribution in [2.75, 3.05) is 27.2 Å². The van der Waals surface area contributed by atoms with Gasteiger partial charge in [0.25, 0.3) is 5.91 Å². The van der Waals surface area contributed by atoms with E-state index in [0.717, 1.165) is 11.2 Å². The van der Waals surface area contributed by atoms with Gasteiger partial charge in [0.2, 0.25) is 0 Å². The molecule has 0 aromatic carbocycles. The summed E-state index contributed by atoms with van der Waals surface area (Å²) in [6.07, 6.45) is 1.01. The summed E-state index contributed by atoms with van der Waals surface area (Å²) in [7, 11) is 3.81. The molecule has 136 valence electrons. The molecule has 3 aromatic rings. The maximum atomic E-state index is 12.8. The molecule has 0 radical (unpaired) electrons. The minimum Gasteiger partial charge on any atom is -0.385 e. The second-order valence-corrected chi connectivity index (χ2v) is 6.75. The smallest absolute Gasteiger partial charge is 0.290 e. The van der Waals surface area contributed by atoms with Crippen LogP contribution in [0.5, 0.6) is 0 Å². The van der Waals surface area contributed by atoms with E-state index in [0.29, 0.717) is 43.3 Å². The van der Waals surface area contributed by atoms with Crippen LogP contribution in [0.4, 0.5) is 0 Å². The number of hydrogen-bond donors (Lipinski definition) is 2. The van der Waals surface area contributed by atoms with Crippen molar-refractivity contribution < 1.29 is 9.90 Å². The van der Waals surface area contributed by atoms with Crippen LogP contribution in [0.25, 0.3) is 11.2 Å². The van der Waals surface area contributed by atoms with Gasteiger partial charge in [-0.1, -0.05) is 0 Å². The summed E-state index contributed by atoms with van der Waals surface area (Å²) >= 11 is 0. The Labute approximate surface area is 150 Å². The molecule has 1 aliphatic heterocycles. The van der Waals surface area contributed by atoms with E-state index >= 15 is 0 Å². The third-order valence-corrected chi connectivity index (χ3v) is 4.44. The Hall–Kier alpha value is -2.78. The number of H-pyrrole nitrogens is 1. The number of carbonyl (C=O) groups is 1. The second-order valence-electron chi connectivity index (χ2n) is 6.75. The highest BCUT2D eigenvalue weighted by molar-refractivity contribution is 5.93. The summed E-state index contributed by atoms with van der Waals surface area (Å²) in [5, 5.41) is 14.7. The highest BCUT2D eigenvalue weighted by atomic mass is 16.3. The number of aliphatic hydroxyl groups excluding tert-OH is 1. The number of likely N-dealkylation sites (N-methyl/N-ethyl adjacent to an activating group) is 1. The van der Waals surface area contributed by atoms with Gasteiger partial charge >= 0.3 is 0 Å². The number of pyridine rings is 1. The molecule has 0 aliphatic carbocycles. The lowest BCUT2D eigenvalue weighted by atomic mass is 10.2. The Kier molecular flexibility index (Phi) is 4.17. The van der Waals surface area contributed by atoms with E-state index in [2.05, 4.69) is 20.1 Å². The number of carbonyl (C=O) groups excluding carboxylic acids is 1. The highest BCUT2D eigenvalue weighted by Gasteiger charge is 2.26. The van der Waals surface area contributed by atoms with Crippen LogP contribution in [0, 0.1) is 0 Å². The maximum absolute atomic E-state index is 12.8. The molecule has 26 heavy (non-hydrogen) atoms. The van der Waals surface area contributed by atoms with Gasteiger partial charge in [0.1, 0.15) is 6.10 Å². The van der Waals surface area contributed by atoms with Gasteiger partial charge < -0.3 is 19.9 Å². The molecule has 0 bridgehead atoms. The third kappa shape index (κ3) is 3.06. The summed E-state index contributed by atoms with van der Waals surface area (Å²) in [6, 6.07) is 5.51. The number of fused-ring (bicyclic) bond motifs is 2. The van der Waals surface area contributed by atoms with Gasteiger partial charge in [-0.25, -0.2) is 9.97 Å². The van der Waals surface area contributed by atoms with Crippen molar-refractivity contribution >= 4 is 17.1 Å². The molecule has 2 N–H and O–H groups in total. The Morgan fingerprint density at radius 1 is 1.42 bits per heavy atom. The predicted octanol–water partition coefficient (Wildman–Crippen LogP) is 0.405. The summed E-state index contributed by atoms with van der Waals surface area (Å²) < 4.78 is 1.86. The van der Waals surface area contributed by atoms with Gasteiger partial charge in [0, 0.05) is 19.3 Å². The van der Waals surface area contributed by atoms with Crippen molar-refractivity contribution in [3.05, 3.63) is 41.6 Å². The summed E-state index contributed by atoms with van der Waals surface area (Å²) in [5.74, 6) is 0.130. The number of aliphatic hydroxyl groups is 1. The van der Waals surface area contributed by atoms with Crippen molar-refractivity contribution in [3.8, 4) is 0 Å². The summed E-state index contributed by atoms with van der Waals surface area (Å²) in [5.41, 5.74) is 2.82.